The van der Waals surface area contributed by atoms with Crippen LogP contribution in [0.25, 0.3) is 0 Å². The largest absolute Gasteiger partial charge is 0.487 e. The number of fused-ring (bicyclic) bond motifs is 1. The number of likely N-dealkylation sites (N-methyl/N-ethyl adjacent to an activating group) is 1. The number of urea groups is 2. The Kier molecular flexibility index (Phi) is 9.51. The van der Waals surface area contributed by atoms with Gasteiger partial charge in [-0.25, -0.2) is 14.0 Å². The van der Waals surface area contributed by atoms with Gasteiger partial charge in [0.25, 0.3) is 5.91 Å². The molecule has 2 aromatic rings. The number of halogens is 1. The van der Waals surface area contributed by atoms with Crippen molar-refractivity contribution in [2.75, 3.05) is 37.4 Å². The maximum absolute atomic E-state index is 13.6. The van der Waals surface area contributed by atoms with E-state index in [1.54, 1.807) is 35.9 Å². The predicted octanol–water partition coefficient (Wildman–Crippen LogP) is 3.74. The second kappa shape index (κ2) is 12.6. The summed E-state index contributed by atoms with van der Waals surface area (Å²) >= 11 is 0. The fourth-order valence-electron chi connectivity index (χ4n) is 4.05. The van der Waals surface area contributed by atoms with Gasteiger partial charge >= 0.3 is 12.1 Å². The summed E-state index contributed by atoms with van der Waals surface area (Å²) in [5.41, 5.74) is 0.964. The smallest absolute Gasteiger partial charge is 0.323 e. The van der Waals surface area contributed by atoms with E-state index in [1.807, 2.05) is 20.8 Å². The molecule has 10 nitrogen and oxygen atoms in total. The lowest BCUT2D eigenvalue weighted by molar-refractivity contribution is 0.0366. The molecule has 0 fully saturated rings. The molecule has 0 spiro atoms. The van der Waals surface area contributed by atoms with Gasteiger partial charge in [0.1, 0.15) is 17.7 Å². The maximum atomic E-state index is 13.6. The molecule has 38 heavy (non-hydrogen) atoms. The van der Waals surface area contributed by atoms with Crippen molar-refractivity contribution in [3.05, 3.63) is 53.8 Å². The molecule has 0 radical (unpaired) electrons. The Hall–Kier alpha value is -3.86. The van der Waals surface area contributed by atoms with Crippen LogP contribution < -0.4 is 20.7 Å². The summed E-state index contributed by atoms with van der Waals surface area (Å²) < 4.78 is 19.4. The molecular formula is C27H36FN5O5. The summed E-state index contributed by atoms with van der Waals surface area (Å²) in [5.74, 6) is -0.615. The van der Waals surface area contributed by atoms with Crippen LogP contribution in [0.3, 0.4) is 0 Å². The van der Waals surface area contributed by atoms with Gasteiger partial charge in [0, 0.05) is 36.9 Å². The minimum Gasteiger partial charge on any atom is -0.487 e. The number of anilines is 2. The van der Waals surface area contributed by atoms with Crippen molar-refractivity contribution in [3.8, 4) is 5.75 Å². The monoisotopic (exact) mass is 529 g/mol. The molecule has 0 aliphatic carbocycles. The van der Waals surface area contributed by atoms with Crippen LogP contribution in [0.2, 0.25) is 0 Å². The van der Waals surface area contributed by atoms with E-state index in [0.29, 0.717) is 23.7 Å². The number of ether oxygens (including phenoxy) is 1. The number of carbonyl (C=O) groups excluding carboxylic acids is 3. The van der Waals surface area contributed by atoms with E-state index < -0.39 is 24.0 Å². The Morgan fingerprint density at radius 1 is 1.13 bits per heavy atom. The van der Waals surface area contributed by atoms with Gasteiger partial charge in [-0.15, -0.1) is 0 Å². The number of benzene rings is 2. The van der Waals surface area contributed by atoms with Gasteiger partial charge in [-0.2, -0.15) is 0 Å². The van der Waals surface area contributed by atoms with Crippen LogP contribution in [-0.2, 0) is 0 Å². The number of hydrogen-bond acceptors (Lipinski definition) is 5. The number of aliphatic hydroxyl groups is 1. The number of nitrogens with one attached hydrogen (secondary N) is 3. The van der Waals surface area contributed by atoms with Crippen LogP contribution in [0.5, 0.6) is 5.75 Å². The molecule has 1 heterocycles. The molecule has 1 aliphatic rings. The highest BCUT2D eigenvalue weighted by atomic mass is 19.1. The number of rotatable bonds is 7. The van der Waals surface area contributed by atoms with Crippen LogP contribution in [0, 0.1) is 11.7 Å². The molecule has 0 unspecified atom stereocenters. The lowest BCUT2D eigenvalue weighted by Gasteiger charge is -2.38. The lowest BCUT2D eigenvalue weighted by atomic mass is 9.99. The minimum atomic E-state index is -0.569. The lowest BCUT2D eigenvalue weighted by Crippen LogP contribution is -2.51. The van der Waals surface area contributed by atoms with Gasteiger partial charge in [0.15, 0.2) is 0 Å². The normalized spacial score (nSPS) is 18.0. The molecule has 0 saturated carbocycles. The Balaban J connectivity index is 1.86. The van der Waals surface area contributed by atoms with Gasteiger partial charge in [-0.05, 0) is 63.2 Å². The highest BCUT2D eigenvalue weighted by molar-refractivity contribution is 6.02. The number of amides is 5. The number of nitrogens with zero attached hydrogens (tertiary/aromatic N) is 2. The number of carbonyl (C=O) groups is 3. The van der Waals surface area contributed by atoms with Crippen LogP contribution in [0.4, 0.5) is 25.4 Å². The molecule has 4 N–H and O–H groups in total. The molecule has 0 bridgehead atoms. The zero-order valence-corrected chi connectivity index (χ0v) is 22.3. The minimum absolute atomic E-state index is 0.0222. The third kappa shape index (κ3) is 7.34. The van der Waals surface area contributed by atoms with E-state index in [2.05, 4.69) is 16.0 Å². The predicted molar refractivity (Wildman–Crippen MR) is 143 cm³/mol. The van der Waals surface area contributed by atoms with E-state index in [9.17, 15) is 23.9 Å². The summed E-state index contributed by atoms with van der Waals surface area (Å²) in [6.45, 7) is 7.78. The zero-order chi connectivity index (χ0) is 28.0. The van der Waals surface area contributed by atoms with Crippen LogP contribution in [0.1, 0.15) is 38.1 Å². The summed E-state index contributed by atoms with van der Waals surface area (Å²) in [4.78, 5) is 41.7. The molecule has 0 saturated heterocycles. The first-order valence-corrected chi connectivity index (χ1v) is 12.6. The first-order valence-electron chi connectivity index (χ1n) is 12.6. The van der Waals surface area contributed by atoms with Crippen molar-refractivity contribution in [1.82, 2.24) is 15.1 Å². The third-order valence-corrected chi connectivity index (χ3v) is 6.24. The van der Waals surface area contributed by atoms with Crippen LogP contribution in [-0.4, -0.2) is 77.8 Å². The fourth-order valence-corrected chi connectivity index (χ4v) is 4.05. The Labute approximate surface area is 222 Å². The van der Waals surface area contributed by atoms with Gasteiger partial charge in [0.2, 0.25) is 0 Å². The number of hydrogen-bond donors (Lipinski definition) is 4. The summed E-state index contributed by atoms with van der Waals surface area (Å²) in [6, 6.07) is 8.76. The van der Waals surface area contributed by atoms with Crippen LogP contribution in [0.15, 0.2) is 42.5 Å². The van der Waals surface area contributed by atoms with Gasteiger partial charge in [-0.1, -0.05) is 6.92 Å². The Morgan fingerprint density at radius 2 is 1.76 bits per heavy atom. The summed E-state index contributed by atoms with van der Waals surface area (Å²) in [5, 5.41) is 18.0. The quantitative estimate of drug-likeness (QED) is 0.435. The molecule has 206 valence electrons. The standard InChI is InChI=1S/C27H36FN5O5/c1-16(2)29-27(37)32(5)14-24-17(3)13-33(18(4)15-34)25(35)22-12-21(10-11-23(22)38-24)31-26(36)30-20-8-6-19(28)7-9-20/h6-12,16-18,24,34H,13-15H2,1-5H3,(H,29,37)(H2,30,31,36)/t17-,18-,24-/m1/s1. The Morgan fingerprint density at radius 3 is 2.39 bits per heavy atom. The highest BCUT2D eigenvalue weighted by Gasteiger charge is 2.34. The van der Waals surface area contributed by atoms with Crippen molar-refractivity contribution < 1.29 is 28.6 Å². The second-order valence-corrected chi connectivity index (χ2v) is 9.90. The van der Waals surface area contributed by atoms with E-state index in [0.717, 1.165) is 0 Å². The number of aliphatic hydroxyl groups excluding tert-OH is 1. The first kappa shape index (κ1) is 28.7. The SMILES string of the molecule is CC(C)NC(=O)N(C)C[C@H]1Oc2ccc(NC(=O)Nc3ccc(F)cc3)cc2C(=O)N([C@H](C)CO)C[C@H]1C. The maximum Gasteiger partial charge on any atom is 0.323 e. The van der Waals surface area contributed by atoms with Crippen molar-refractivity contribution >= 4 is 29.3 Å². The molecule has 11 heteroatoms. The Bertz CT molecular complexity index is 1140. The van der Waals surface area contributed by atoms with Crippen molar-refractivity contribution in [2.24, 2.45) is 5.92 Å². The van der Waals surface area contributed by atoms with Crippen LogP contribution >= 0.6 is 0 Å². The highest BCUT2D eigenvalue weighted by Crippen LogP contribution is 2.30. The molecule has 5 amide bonds. The van der Waals surface area contributed by atoms with Gasteiger partial charge in [-0.3, -0.25) is 4.79 Å². The molecule has 3 atom stereocenters. The molecule has 0 aromatic heterocycles. The fraction of sp³-hybridized carbons (Fsp3) is 0.444. The molecule has 3 rings (SSSR count). The zero-order valence-electron chi connectivity index (χ0n) is 22.3. The summed E-state index contributed by atoms with van der Waals surface area (Å²) in [7, 11) is 1.68. The third-order valence-electron chi connectivity index (χ3n) is 6.24. The van der Waals surface area contributed by atoms with Crippen molar-refractivity contribution in [1.29, 1.82) is 0 Å². The average Bonchev–Trinajstić information content (AvgIpc) is 2.86. The molecule has 2 aromatic carbocycles. The van der Waals surface area contributed by atoms with Crippen molar-refractivity contribution in [3.63, 3.8) is 0 Å². The molecular weight excluding hydrogens is 493 g/mol. The van der Waals surface area contributed by atoms with Gasteiger partial charge in [0.05, 0.1) is 24.8 Å². The second-order valence-electron chi connectivity index (χ2n) is 9.90. The van der Waals surface area contributed by atoms with E-state index in [-0.39, 0.29) is 42.6 Å². The van der Waals surface area contributed by atoms with Gasteiger partial charge < -0.3 is 35.6 Å². The van der Waals surface area contributed by atoms with E-state index in [4.69, 9.17) is 4.74 Å². The topological polar surface area (TPSA) is 123 Å². The van der Waals surface area contributed by atoms with E-state index >= 15 is 0 Å². The average molecular weight is 530 g/mol. The van der Waals surface area contributed by atoms with E-state index in [1.165, 1.54) is 30.3 Å². The molecule has 1 aliphatic heterocycles. The first-order chi connectivity index (χ1) is 18.0. The van der Waals surface area contributed by atoms with Crippen molar-refractivity contribution in [2.45, 2.75) is 45.9 Å². The summed E-state index contributed by atoms with van der Waals surface area (Å²) in [6.07, 6.45) is -0.446.